The van der Waals surface area contributed by atoms with Gasteiger partial charge in [0.2, 0.25) is 11.8 Å². The van der Waals surface area contributed by atoms with E-state index < -0.39 is 0 Å². The number of nitrogens with two attached hydrogens (primary N) is 1. The third kappa shape index (κ3) is 9.20. The standard InChI is InChI=1S/C21H18N2O2.C14H14N2O/c24-20(15-16-9-3-1-4-10-16)22-18-13-7-8-14-19(18)23-21(25)17-11-5-2-6-12-17;15-12-8-4-5-9-13(12)16-14(17)10-11-6-2-1-3-7-11/h1-14H,15H2,(H,22,24)(H,23,25);1-9H,10,15H2,(H,16,17). The first kappa shape index (κ1) is 29.3. The molecule has 0 aliphatic rings. The van der Waals surface area contributed by atoms with E-state index in [2.05, 4.69) is 16.0 Å². The lowest BCUT2D eigenvalue weighted by atomic mass is 10.1. The molecular formula is C35H32N4O3. The van der Waals surface area contributed by atoms with Crippen LogP contribution in [0, 0.1) is 0 Å². The van der Waals surface area contributed by atoms with Gasteiger partial charge in [0.1, 0.15) is 0 Å². The SMILES string of the molecule is Nc1ccccc1NC(=O)Cc1ccccc1.O=C(Cc1ccccc1)Nc1ccccc1NC(=O)c1ccccc1. The average Bonchev–Trinajstić information content (AvgIpc) is 3.01. The Balaban J connectivity index is 0.000000208. The van der Waals surface area contributed by atoms with Gasteiger partial charge in [0, 0.05) is 5.56 Å². The van der Waals surface area contributed by atoms with Crippen molar-refractivity contribution in [3.8, 4) is 0 Å². The Morgan fingerprint density at radius 3 is 1.33 bits per heavy atom. The molecule has 5 aromatic rings. The van der Waals surface area contributed by atoms with Crippen LogP contribution in [-0.2, 0) is 22.4 Å². The van der Waals surface area contributed by atoms with Crippen molar-refractivity contribution >= 4 is 40.5 Å². The van der Waals surface area contributed by atoms with E-state index in [0.29, 0.717) is 34.7 Å². The van der Waals surface area contributed by atoms with Gasteiger partial charge in [-0.2, -0.15) is 0 Å². The number of amides is 3. The molecule has 0 aliphatic carbocycles. The van der Waals surface area contributed by atoms with E-state index in [1.165, 1.54) is 0 Å². The molecule has 3 amide bonds. The Bertz CT molecular complexity index is 1610. The van der Waals surface area contributed by atoms with E-state index in [-0.39, 0.29) is 24.1 Å². The Morgan fingerprint density at radius 2 is 0.833 bits per heavy atom. The summed E-state index contributed by atoms with van der Waals surface area (Å²) in [6.07, 6.45) is 0.636. The van der Waals surface area contributed by atoms with Crippen LogP contribution < -0.4 is 21.7 Å². The first-order valence-corrected chi connectivity index (χ1v) is 13.5. The van der Waals surface area contributed by atoms with Crippen LogP contribution in [0.4, 0.5) is 22.7 Å². The Morgan fingerprint density at radius 1 is 0.452 bits per heavy atom. The van der Waals surface area contributed by atoms with Crippen molar-refractivity contribution in [2.45, 2.75) is 12.8 Å². The maximum atomic E-state index is 12.3. The molecule has 210 valence electrons. The minimum atomic E-state index is -0.217. The highest BCUT2D eigenvalue weighted by Gasteiger charge is 2.11. The molecule has 5 N–H and O–H groups in total. The van der Waals surface area contributed by atoms with Gasteiger partial charge < -0.3 is 21.7 Å². The highest BCUT2D eigenvalue weighted by Crippen LogP contribution is 2.22. The number of rotatable bonds is 8. The number of benzene rings is 5. The first-order chi connectivity index (χ1) is 20.5. The molecule has 0 unspecified atom stereocenters. The van der Waals surface area contributed by atoms with Crippen LogP contribution in [-0.4, -0.2) is 17.7 Å². The lowest BCUT2D eigenvalue weighted by Gasteiger charge is -2.12. The summed E-state index contributed by atoms with van der Waals surface area (Å²) >= 11 is 0. The number of nitrogen functional groups attached to an aromatic ring is 1. The third-order valence-electron chi connectivity index (χ3n) is 6.14. The molecular weight excluding hydrogens is 524 g/mol. The van der Waals surface area contributed by atoms with Gasteiger partial charge in [-0.15, -0.1) is 0 Å². The van der Waals surface area contributed by atoms with Gasteiger partial charge in [-0.3, -0.25) is 14.4 Å². The molecule has 42 heavy (non-hydrogen) atoms. The number of nitrogens with one attached hydrogen (secondary N) is 3. The predicted molar refractivity (Wildman–Crippen MR) is 169 cm³/mol. The van der Waals surface area contributed by atoms with Crippen molar-refractivity contribution in [1.82, 2.24) is 0 Å². The summed E-state index contributed by atoms with van der Waals surface area (Å²) in [4.78, 5) is 36.4. The second kappa shape index (κ2) is 15.2. The largest absolute Gasteiger partial charge is 0.397 e. The molecule has 0 aliphatic heterocycles. The monoisotopic (exact) mass is 556 g/mol. The number of hydrogen-bond donors (Lipinski definition) is 4. The van der Waals surface area contributed by atoms with Gasteiger partial charge in [0.15, 0.2) is 0 Å². The highest BCUT2D eigenvalue weighted by atomic mass is 16.2. The Labute approximate surface area is 245 Å². The highest BCUT2D eigenvalue weighted by molar-refractivity contribution is 6.07. The summed E-state index contributed by atoms with van der Waals surface area (Å²) in [6.45, 7) is 0. The quantitative estimate of drug-likeness (QED) is 0.162. The van der Waals surface area contributed by atoms with Gasteiger partial charge in [-0.05, 0) is 47.5 Å². The normalized spacial score (nSPS) is 10.0. The van der Waals surface area contributed by atoms with Crippen molar-refractivity contribution in [2.24, 2.45) is 0 Å². The van der Waals surface area contributed by atoms with Crippen LogP contribution in [0.3, 0.4) is 0 Å². The van der Waals surface area contributed by atoms with E-state index in [0.717, 1.165) is 11.1 Å². The van der Waals surface area contributed by atoms with Crippen molar-refractivity contribution in [1.29, 1.82) is 0 Å². The number of anilines is 4. The zero-order chi connectivity index (χ0) is 29.6. The Hall–Kier alpha value is -5.69. The summed E-state index contributed by atoms with van der Waals surface area (Å²) in [5.74, 6) is -0.410. The molecule has 0 atom stereocenters. The smallest absolute Gasteiger partial charge is 0.255 e. The number of carbonyl (C=O) groups excluding carboxylic acids is 3. The molecule has 0 heterocycles. The molecule has 0 bridgehead atoms. The van der Waals surface area contributed by atoms with E-state index in [1.807, 2.05) is 103 Å². The molecule has 5 aromatic carbocycles. The number of hydrogen-bond acceptors (Lipinski definition) is 4. The fraction of sp³-hybridized carbons (Fsp3) is 0.0571. The van der Waals surface area contributed by atoms with Gasteiger partial charge in [0.25, 0.3) is 5.91 Å². The van der Waals surface area contributed by atoms with Crippen LogP contribution in [0.5, 0.6) is 0 Å². The minimum Gasteiger partial charge on any atom is -0.397 e. The van der Waals surface area contributed by atoms with Gasteiger partial charge in [-0.25, -0.2) is 0 Å². The molecule has 0 aromatic heterocycles. The van der Waals surface area contributed by atoms with Crippen molar-refractivity contribution < 1.29 is 14.4 Å². The van der Waals surface area contributed by atoms with Crippen LogP contribution in [0.1, 0.15) is 21.5 Å². The van der Waals surface area contributed by atoms with Crippen LogP contribution in [0.25, 0.3) is 0 Å². The third-order valence-corrected chi connectivity index (χ3v) is 6.14. The van der Waals surface area contributed by atoms with Gasteiger partial charge in [-0.1, -0.05) is 103 Å². The minimum absolute atomic E-state index is 0.0610. The van der Waals surface area contributed by atoms with Crippen molar-refractivity contribution in [3.63, 3.8) is 0 Å². The van der Waals surface area contributed by atoms with Crippen LogP contribution >= 0.6 is 0 Å². The van der Waals surface area contributed by atoms with Crippen LogP contribution in [0.2, 0.25) is 0 Å². The fourth-order valence-corrected chi connectivity index (χ4v) is 4.05. The molecule has 0 saturated carbocycles. The van der Waals surface area contributed by atoms with E-state index >= 15 is 0 Å². The van der Waals surface area contributed by atoms with E-state index in [9.17, 15) is 14.4 Å². The molecule has 0 saturated heterocycles. The molecule has 0 spiro atoms. The number of para-hydroxylation sites is 4. The van der Waals surface area contributed by atoms with Gasteiger partial charge >= 0.3 is 0 Å². The zero-order valence-corrected chi connectivity index (χ0v) is 23.0. The maximum Gasteiger partial charge on any atom is 0.255 e. The van der Waals surface area contributed by atoms with Crippen molar-refractivity contribution in [3.05, 3.63) is 156 Å². The fourth-order valence-electron chi connectivity index (χ4n) is 4.05. The predicted octanol–water partition coefficient (Wildman–Crippen LogP) is 6.57. The molecule has 0 fully saturated rings. The average molecular weight is 557 g/mol. The zero-order valence-electron chi connectivity index (χ0n) is 23.0. The van der Waals surface area contributed by atoms with E-state index in [1.54, 1.807) is 36.4 Å². The topological polar surface area (TPSA) is 113 Å². The summed E-state index contributed by atoms with van der Waals surface area (Å²) in [5, 5.41) is 8.50. The molecule has 7 nitrogen and oxygen atoms in total. The molecule has 7 heteroatoms. The molecule has 0 radical (unpaired) electrons. The van der Waals surface area contributed by atoms with Crippen LogP contribution in [0.15, 0.2) is 140 Å². The van der Waals surface area contributed by atoms with E-state index in [4.69, 9.17) is 5.73 Å². The Kier molecular flexibility index (Phi) is 10.6. The number of carbonyl (C=O) groups is 3. The maximum absolute atomic E-state index is 12.3. The summed E-state index contributed by atoms with van der Waals surface area (Å²) in [5.41, 5.74) is 10.6. The second-order valence-corrected chi connectivity index (χ2v) is 9.37. The second-order valence-electron chi connectivity index (χ2n) is 9.37. The summed E-state index contributed by atoms with van der Waals surface area (Å²) in [7, 11) is 0. The lowest BCUT2D eigenvalue weighted by Crippen LogP contribution is -2.18. The van der Waals surface area contributed by atoms with Gasteiger partial charge in [0.05, 0.1) is 35.6 Å². The molecule has 5 rings (SSSR count). The summed E-state index contributed by atoms with van der Waals surface area (Å²) < 4.78 is 0. The first-order valence-electron chi connectivity index (χ1n) is 13.5. The van der Waals surface area contributed by atoms with Crippen molar-refractivity contribution in [2.75, 3.05) is 21.7 Å². The summed E-state index contributed by atoms with van der Waals surface area (Å²) in [6, 6.07) is 42.5. The lowest BCUT2D eigenvalue weighted by molar-refractivity contribution is -0.116.